The van der Waals surface area contributed by atoms with E-state index in [4.69, 9.17) is 31.3 Å². The minimum atomic E-state index is -1.27. The van der Waals surface area contributed by atoms with Gasteiger partial charge in [-0.15, -0.1) is 22.7 Å². The van der Waals surface area contributed by atoms with E-state index in [0.29, 0.717) is 21.1 Å². The van der Waals surface area contributed by atoms with E-state index in [1.807, 2.05) is 48.8 Å². The molecular weight excluding hydrogens is 1080 g/mol. The molecule has 0 amide bonds. The molecule has 0 aliphatic carbocycles. The number of nitriles is 4. The molecule has 0 aromatic carbocycles. The van der Waals surface area contributed by atoms with Crippen LogP contribution in [0.5, 0.6) is 0 Å². The molecule has 0 unspecified atom stereocenters. The Bertz CT molecular complexity index is 2680. The van der Waals surface area contributed by atoms with E-state index in [9.17, 15) is 9.59 Å². The van der Waals surface area contributed by atoms with Gasteiger partial charge in [0, 0.05) is 44.3 Å². The molecule has 0 saturated carbocycles. The number of unbranched alkanes of at least 4 members (excludes halogenated alkanes) is 12. The van der Waals surface area contributed by atoms with E-state index in [1.165, 1.54) is 147 Å². The molecule has 0 aliphatic heterocycles. The average molecular weight is 1140 g/mol. The van der Waals surface area contributed by atoms with Crippen molar-refractivity contribution < 1.29 is 39.3 Å². The van der Waals surface area contributed by atoms with Crippen LogP contribution in [-0.4, -0.2) is 42.1 Å². The van der Waals surface area contributed by atoms with E-state index in [-0.39, 0.29) is 30.6 Å². The summed E-state index contributed by atoms with van der Waals surface area (Å²) in [5, 5.41) is 53.0. The van der Waals surface area contributed by atoms with Gasteiger partial charge in [-0.05, 0) is 133 Å². The van der Waals surface area contributed by atoms with Crippen molar-refractivity contribution in [2.45, 2.75) is 117 Å². The Morgan fingerprint density at radius 1 is 0.507 bits per heavy atom. The summed E-state index contributed by atoms with van der Waals surface area (Å²) in [6, 6.07) is 26.8. The maximum atomic E-state index is 11.1. The molecule has 6 aromatic rings. The zero-order valence-electron chi connectivity index (χ0n) is 41.0. The van der Waals surface area contributed by atoms with Crippen LogP contribution in [-0.2, 0) is 67.2 Å². The first-order valence-electron chi connectivity index (χ1n) is 23.8. The Morgan fingerprint density at radius 2 is 0.822 bits per heavy atom. The maximum Gasteiger partial charge on any atom is 2.00 e. The van der Waals surface area contributed by atoms with Gasteiger partial charge in [0.25, 0.3) is 0 Å². The molecule has 0 fully saturated rings. The van der Waals surface area contributed by atoms with Gasteiger partial charge in [0.1, 0.15) is 23.3 Å². The third-order valence-corrected chi connectivity index (χ3v) is 13.1. The van der Waals surface area contributed by atoms with Gasteiger partial charge in [-0.2, -0.15) is 10.5 Å². The zero-order chi connectivity index (χ0) is 52.4. The van der Waals surface area contributed by atoms with Crippen LogP contribution < -0.4 is 0 Å². The van der Waals surface area contributed by atoms with Crippen molar-refractivity contribution in [2.24, 2.45) is 0 Å². The fourth-order valence-electron chi connectivity index (χ4n) is 7.30. The Balaban J connectivity index is 0.000000452. The fraction of sp³-hybridized carbons (Fsp3) is 0.321. The van der Waals surface area contributed by atoms with Crippen molar-refractivity contribution in [3.05, 3.63) is 130 Å². The van der Waals surface area contributed by atoms with Crippen LogP contribution in [0.2, 0.25) is 0 Å². The molecule has 6 rings (SSSR count). The molecule has 0 radical (unpaired) electrons. The second kappa shape index (κ2) is 37.2. The van der Waals surface area contributed by atoms with E-state index < -0.39 is 11.9 Å². The molecule has 0 saturated heterocycles. The van der Waals surface area contributed by atoms with Gasteiger partial charge in [-0.3, -0.25) is 19.9 Å². The monoisotopic (exact) mass is 1140 g/mol. The van der Waals surface area contributed by atoms with Gasteiger partial charge >= 0.3 is 31.4 Å². The number of pyridine rings is 4. The van der Waals surface area contributed by atoms with Crippen molar-refractivity contribution in [3.63, 3.8) is 0 Å². The third-order valence-electron chi connectivity index (χ3n) is 10.9. The number of thiocyanates is 2. The fourth-order valence-corrected chi connectivity index (χ4v) is 9.19. The smallest absolute Gasteiger partial charge is 0.696 e. The number of aromatic nitrogens is 4. The number of hydrogen-bond acceptors (Lipinski definition) is 14. The molecule has 0 aliphatic rings. The molecule has 0 bridgehead atoms. The third kappa shape index (κ3) is 23.7. The van der Waals surface area contributed by atoms with Crippen LogP contribution in [0.25, 0.3) is 55.8 Å². The molecule has 378 valence electrons. The SMILES string of the molecule is CCCCCCCCCc1ccnc(-c2cc(CCCCCCCCC)ccn2)c1.N#C/C(=C/c1ccc(-c2ccnc(-c3cc(-c4ccc(/C=C(/C#N)C(=O)O)s4)ccn3)c2)s1)C(=O)O.N#C[S-].N#C[S-].[Ru+2]. The van der Waals surface area contributed by atoms with Gasteiger partial charge in [0.05, 0.1) is 22.8 Å². The van der Waals surface area contributed by atoms with Crippen molar-refractivity contribution in [3.8, 4) is 66.6 Å². The minimum Gasteiger partial charge on any atom is -0.696 e. The zero-order valence-corrected chi connectivity index (χ0v) is 46.0. The Morgan fingerprint density at radius 3 is 1.15 bits per heavy atom. The molecule has 6 heterocycles. The maximum absolute atomic E-state index is 11.1. The van der Waals surface area contributed by atoms with Gasteiger partial charge in [-0.1, -0.05) is 102 Å². The van der Waals surface area contributed by atoms with Gasteiger partial charge in [0.15, 0.2) is 0 Å². The Kier molecular flexibility index (Phi) is 31.9. The van der Waals surface area contributed by atoms with Crippen LogP contribution in [0.15, 0.2) is 109 Å². The van der Waals surface area contributed by atoms with Crippen LogP contribution in [0, 0.1) is 44.0 Å². The molecule has 0 spiro atoms. The van der Waals surface area contributed by atoms with Crippen molar-refractivity contribution in [1.29, 1.82) is 21.0 Å². The van der Waals surface area contributed by atoms with Crippen molar-refractivity contribution in [1.82, 2.24) is 19.9 Å². The first-order chi connectivity index (χ1) is 35.0. The number of carboxylic acid groups (broad SMARTS) is 2. The normalized spacial score (nSPS) is 10.4. The number of hydrogen-bond donors (Lipinski definition) is 2. The van der Waals surface area contributed by atoms with Crippen LogP contribution >= 0.6 is 22.7 Å². The summed E-state index contributed by atoms with van der Waals surface area (Å²) < 4.78 is 0. The van der Waals surface area contributed by atoms with E-state index in [0.717, 1.165) is 45.1 Å². The molecule has 2 N–H and O–H groups in total. The average Bonchev–Trinajstić information content (AvgIpc) is 4.08. The minimum absolute atomic E-state index is 0. The summed E-state index contributed by atoms with van der Waals surface area (Å²) in [5.74, 6) is -2.54. The quantitative estimate of drug-likeness (QED) is 0.0144. The van der Waals surface area contributed by atoms with E-state index >= 15 is 0 Å². The largest absolute Gasteiger partial charge is 2.00 e. The summed E-state index contributed by atoms with van der Waals surface area (Å²) in [7, 11) is 0. The number of carbonyl (C=O) groups is 2. The van der Waals surface area contributed by atoms with E-state index in [1.54, 1.807) is 36.7 Å². The summed E-state index contributed by atoms with van der Waals surface area (Å²) in [5.41, 5.74) is 7.18. The molecule has 12 nitrogen and oxygen atoms in total. The molecule has 6 aromatic heterocycles. The number of carboxylic acids is 2. The molecule has 17 heteroatoms. The predicted molar refractivity (Wildman–Crippen MR) is 293 cm³/mol. The van der Waals surface area contributed by atoms with Gasteiger partial charge < -0.3 is 35.5 Å². The van der Waals surface area contributed by atoms with Crippen LogP contribution in [0.3, 0.4) is 0 Å². The number of thiophene rings is 2. The number of nitrogens with zero attached hydrogens (tertiary/aromatic N) is 8. The first kappa shape index (κ1) is 62.6. The first-order valence-corrected chi connectivity index (χ1v) is 26.2. The standard InChI is InChI=1S/C28H44N2.C26H14N4O4S2.2CHNS.Ru/c1-3-5-7-9-11-13-15-17-25-19-21-29-27(23-25)28-24-26(20-22-30-28)18-16-14-12-10-8-6-4-2;27-13-17(25(31)32)9-19-1-3-23(35-19)15-5-7-29-21(11-15)22-12-16(6-8-30-22)24-4-2-20(36-24)10-18(14-28)26(33)34;2*2-1-3;/h19-24H,3-18H2,1-2H3;1-12H,(H,31,32)(H,33,34);2*3H;/q;;;;+2/p-2/b;17-9-,18-10-;;;. The number of aliphatic carboxylic acids is 2. The summed E-state index contributed by atoms with van der Waals surface area (Å²) in [6.45, 7) is 4.56. The molecule has 73 heavy (non-hydrogen) atoms. The Labute approximate surface area is 461 Å². The Hall–Kier alpha value is -6.56. The summed E-state index contributed by atoms with van der Waals surface area (Å²) in [6.07, 6.45) is 31.2. The molecular formula is C56H58N8O4RuS4. The summed E-state index contributed by atoms with van der Waals surface area (Å²) >= 11 is 10.1. The van der Waals surface area contributed by atoms with Crippen LogP contribution in [0.4, 0.5) is 0 Å². The number of aryl methyl sites for hydroxylation is 2. The van der Waals surface area contributed by atoms with Gasteiger partial charge in [-0.25, -0.2) is 20.1 Å². The van der Waals surface area contributed by atoms with E-state index in [2.05, 4.69) is 83.3 Å². The topological polar surface area (TPSA) is 221 Å². The summed E-state index contributed by atoms with van der Waals surface area (Å²) in [4.78, 5) is 43.3. The number of rotatable bonds is 24. The second-order valence-corrected chi connectivity index (χ2v) is 18.8. The predicted octanol–water partition coefficient (Wildman–Crippen LogP) is 14.3. The van der Waals surface area contributed by atoms with Crippen molar-refractivity contribution in [2.75, 3.05) is 0 Å². The second-order valence-electron chi connectivity index (χ2n) is 16.2. The van der Waals surface area contributed by atoms with Crippen LogP contribution in [0.1, 0.15) is 125 Å². The van der Waals surface area contributed by atoms with Crippen molar-refractivity contribution >= 4 is 72.0 Å². The molecule has 0 atom stereocenters. The van der Waals surface area contributed by atoms with Gasteiger partial charge in [0.2, 0.25) is 0 Å².